The van der Waals surface area contributed by atoms with Gasteiger partial charge in [0, 0.05) is 49.6 Å². The predicted molar refractivity (Wildman–Crippen MR) is 153 cm³/mol. The van der Waals surface area contributed by atoms with Crippen LogP contribution in [0.15, 0.2) is 85.1 Å². The van der Waals surface area contributed by atoms with E-state index in [2.05, 4.69) is 35.0 Å². The molecule has 1 amide bonds. The molecule has 0 bridgehead atoms. The Labute approximate surface area is 230 Å². The number of aromatic nitrogens is 1. The lowest BCUT2D eigenvalue weighted by atomic mass is 9.87. The molecule has 3 aromatic carbocycles. The van der Waals surface area contributed by atoms with Crippen LogP contribution in [-0.4, -0.2) is 41.0 Å². The number of para-hydroxylation sites is 1. The van der Waals surface area contributed by atoms with E-state index in [1.54, 1.807) is 0 Å². The Bertz CT molecular complexity index is 1420. The second kappa shape index (κ2) is 12.2. The number of nitrogens with zero attached hydrogens (tertiary/aromatic N) is 2. The van der Waals surface area contributed by atoms with Crippen molar-refractivity contribution in [1.29, 1.82) is 0 Å². The average Bonchev–Trinajstić information content (AvgIpc) is 3.31. The highest BCUT2D eigenvalue weighted by Crippen LogP contribution is 2.36. The van der Waals surface area contributed by atoms with Gasteiger partial charge in [-0.25, -0.2) is 0 Å². The van der Waals surface area contributed by atoms with E-state index in [1.165, 1.54) is 0 Å². The van der Waals surface area contributed by atoms with Crippen molar-refractivity contribution in [1.82, 2.24) is 9.47 Å². The van der Waals surface area contributed by atoms with Crippen molar-refractivity contribution in [2.75, 3.05) is 19.7 Å². The zero-order chi connectivity index (χ0) is 27.2. The van der Waals surface area contributed by atoms with E-state index in [4.69, 9.17) is 9.47 Å². The molecule has 1 unspecified atom stereocenters. The quantitative estimate of drug-likeness (QED) is 0.249. The standard InChI is InChI=1S/C33H36N2O4/c1-3-38-33(37)25-16-18-35(19-17-25)32(36)21-29(30-22-34(2)31-15-8-7-14-28(30)31)26-12-9-13-27(20-26)39-23-24-10-5-4-6-11-24/h4-15,20,22,25,29H,3,16-19,21,23H2,1-2H3. The van der Waals surface area contributed by atoms with Gasteiger partial charge in [0.15, 0.2) is 0 Å². The Morgan fingerprint density at radius 1 is 0.949 bits per heavy atom. The van der Waals surface area contributed by atoms with Crippen molar-refractivity contribution >= 4 is 22.8 Å². The summed E-state index contributed by atoms with van der Waals surface area (Å²) in [7, 11) is 2.05. The summed E-state index contributed by atoms with van der Waals surface area (Å²) in [5.74, 6) is 0.480. The first-order valence-electron chi connectivity index (χ1n) is 13.8. The van der Waals surface area contributed by atoms with Gasteiger partial charge in [-0.2, -0.15) is 0 Å². The molecule has 1 aliphatic rings. The average molecular weight is 525 g/mol. The van der Waals surface area contributed by atoms with Gasteiger partial charge in [0.25, 0.3) is 0 Å². The molecule has 0 N–H and O–H groups in total. The SMILES string of the molecule is CCOC(=O)C1CCN(C(=O)CC(c2cccc(OCc3ccccc3)c2)c2cn(C)c3ccccc23)CC1. The molecule has 4 aromatic rings. The summed E-state index contributed by atoms with van der Waals surface area (Å²) in [5.41, 5.74) is 4.42. The zero-order valence-electron chi connectivity index (χ0n) is 22.7. The first-order valence-corrected chi connectivity index (χ1v) is 13.8. The third-order valence-electron chi connectivity index (χ3n) is 7.66. The summed E-state index contributed by atoms with van der Waals surface area (Å²) in [6.07, 6.45) is 3.78. The maximum Gasteiger partial charge on any atom is 0.309 e. The molecule has 1 aliphatic heterocycles. The molecule has 6 heteroatoms. The summed E-state index contributed by atoms with van der Waals surface area (Å²) in [6.45, 7) is 3.84. The number of carbonyl (C=O) groups is 2. The Kier molecular flexibility index (Phi) is 8.30. The Morgan fingerprint density at radius 3 is 2.46 bits per heavy atom. The van der Waals surface area contributed by atoms with Crippen LogP contribution in [0.4, 0.5) is 0 Å². The topological polar surface area (TPSA) is 60.8 Å². The number of fused-ring (bicyclic) bond motifs is 1. The van der Waals surface area contributed by atoms with E-state index < -0.39 is 0 Å². The van der Waals surface area contributed by atoms with Crippen LogP contribution >= 0.6 is 0 Å². The predicted octanol–water partition coefficient (Wildman–Crippen LogP) is 6.08. The number of carbonyl (C=O) groups excluding carboxylic acids is 2. The van der Waals surface area contributed by atoms with Crippen molar-refractivity contribution in [3.63, 3.8) is 0 Å². The summed E-state index contributed by atoms with van der Waals surface area (Å²) < 4.78 is 13.5. The molecule has 5 rings (SSSR count). The smallest absolute Gasteiger partial charge is 0.309 e. The van der Waals surface area contributed by atoms with Crippen molar-refractivity contribution in [2.45, 2.75) is 38.7 Å². The number of esters is 1. The number of ether oxygens (including phenoxy) is 2. The van der Waals surface area contributed by atoms with Gasteiger partial charge in [0.2, 0.25) is 5.91 Å². The Morgan fingerprint density at radius 2 is 1.69 bits per heavy atom. The zero-order valence-corrected chi connectivity index (χ0v) is 22.7. The molecule has 39 heavy (non-hydrogen) atoms. The third-order valence-corrected chi connectivity index (χ3v) is 7.66. The molecule has 1 atom stereocenters. The first-order chi connectivity index (χ1) is 19.0. The van der Waals surface area contributed by atoms with Crippen LogP contribution in [0.25, 0.3) is 10.9 Å². The Balaban J connectivity index is 1.39. The third kappa shape index (κ3) is 6.17. The maximum atomic E-state index is 13.7. The molecular weight excluding hydrogens is 488 g/mol. The number of amides is 1. The van der Waals surface area contributed by atoms with Crippen LogP contribution in [-0.2, 0) is 28.0 Å². The fourth-order valence-electron chi connectivity index (χ4n) is 5.55. The van der Waals surface area contributed by atoms with Crippen molar-refractivity contribution in [3.8, 4) is 5.75 Å². The number of hydrogen-bond donors (Lipinski definition) is 0. The molecule has 1 saturated heterocycles. The van der Waals surface area contributed by atoms with Gasteiger partial charge >= 0.3 is 5.97 Å². The summed E-state index contributed by atoms with van der Waals surface area (Å²) in [6, 6.07) is 26.5. The maximum absolute atomic E-state index is 13.7. The summed E-state index contributed by atoms with van der Waals surface area (Å²) in [5, 5.41) is 1.15. The highest BCUT2D eigenvalue weighted by molar-refractivity contribution is 5.86. The van der Waals surface area contributed by atoms with Crippen molar-refractivity contribution in [2.24, 2.45) is 13.0 Å². The second-order valence-corrected chi connectivity index (χ2v) is 10.2. The lowest BCUT2D eigenvalue weighted by Crippen LogP contribution is -2.41. The highest BCUT2D eigenvalue weighted by atomic mass is 16.5. The van der Waals surface area contributed by atoms with Crippen LogP contribution < -0.4 is 4.74 Å². The molecule has 0 spiro atoms. The lowest BCUT2D eigenvalue weighted by molar-refractivity contribution is -0.151. The van der Waals surface area contributed by atoms with Gasteiger partial charge in [0.1, 0.15) is 12.4 Å². The molecule has 1 aromatic heterocycles. The number of piperidine rings is 1. The molecular formula is C33H36N2O4. The van der Waals surface area contributed by atoms with Crippen LogP contribution in [0.3, 0.4) is 0 Å². The highest BCUT2D eigenvalue weighted by Gasteiger charge is 2.30. The fourth-order valence-corrected chi connectivity index (χ4v) is 5.55. The molecule has 0 aliphatic carbocycles. The van der Waals surface area contributed by atoms with Crippen LogP contribution in [0, 0.1) is 5.92 Å². The van der Waals surface area contributed by atoms with E-state index in [1.807, 2.05) is 73.5 Å². The number of aryl methyl sites for hydroxylation is 1. The molecule has 202 valence electrons. The number of hydrogen-bond acceptors (Lipinski definition) is 4. The molecule has 2 heterocycles. The minimum atomic E-state index is -0.148. The van der Waals surface area contributed by atoms with Gasteiger partial charge < -0.3 is 18.9 Å². The van der Waals surface area contributed by atoms with Crippen LogP contribution in [0.1, 0.15) is 48.8 Å². The van der Waals surface area contributed by atoms with E-state index >= 15 is 0 Å². The normalized spacial score (nSPS) is 14.8. The number of rotatable bonds is 9. The summed E-state index contributed by atoms with van der Waals surface area (Å²) in [4.78, 5) is 27.8. The largest absolute Gasteiger partial charge is 0.489 e. The Hall–Kier alpha value is -4.06. The van der Waals surface area contributed by atoms with Crippen LogP contribution in [0.2, 0.25) is 0 Å². The minimum Gasteiger partial charge on any atom is -0.489 e. The van der Waals surface area contributed by atoms with Crippen LogP contribution in [0.5, 0.6) is 5.75 Å². The van der Waals surface area contributed by atoms with Gasteiger partial charge in [0.05, 0.1) is 12.5 Å². The number of likely N-dealkylation sites (tertiary alicyclic amines) is 1. The van der Waals surface area contributed by atoms with Gasteiger partial charge in [-0.1, -0.05) is 60.7 Å². The van der Waals surface area contributed by atoms with E-state index in [0.29, 0.717) is 45.6 Å². The molecule has 6 nitrogen and oxygen atoms in total. The first kappa shape index (κ1) is 26.5. The van der Waals surface area contributed by atoms with Crippen molar-refractivity contribution < 1.29 is 19.1 Å². The lowest BCUT2D eigenvalue weighted by Gasteiger charge is -2.32. The van der Waals surface area contributed by atoms with Gasteiger partial charge in [-0.05, 0) is 54.7 Å². The van der Waals surface area contributed by atoms with E-state index in [-0.39, 0.29) is 23.7 Å². The molecule has 1 fully saturated rings. The van der Waals surface area contributed by atoms with E-state index in [9.17, 15) is 9.59 Å². The number of benzene rings is 3. The summed E-state index contributed by atoms with van der Waals surface area (Å²) >= 11 is 0. The monoisotopic (exact) mass is 524 g/mol. The molecule has 0 radical (unpaired) electrons. The minimum absolute atomic E-state index is 0.103. The fraction of sp³-hybridized carbons (Fsp3) is 0.333. The van der Waals surface area contributed by atoms with Gasteiger partial charge in [-0.15, -0.1) is 0 Å². The van der Waals surface area contributed by atoms with E-state index in [0.717, 1.165) is 33.3 Å². The molecule has 0 saturated carbocycles. The van der Waals surface area contributed by atoms with Crippen molar-refractivity contribution in [3.05, 3.63) is 102 Å². The second-order valence-electron chi connectivity index (χ2n) is 10.2. The van der Waals surface area contributed by atoms with Gasteiger partial charge in [-0.3, -0.25) is 9.59 Å².